The molecule has 8 nitrogen and oxygen atoms in total. The minimum absolute atomic E-state index is 0.0253. The van der Waals surface area contributed by atoms with E-state index in [1.165, 1.54) is 27.8 Å². The summed E-state index contributed by atoms with van der Waals surface area (Å²) in [7, 11) is 0. The summed E-state index contributed by atoms with van der Waals surface area (Å²) in [6.07, 6.45) is 0.650. The molecule has 198 valence electrons. The van der Waals surface area contributed by atoms with Gasteiger partial charge in [0.25, 0.3) is 0 Å². The van der Waals surface area contributed by atoms with E-state index in [-0.39, 0.29) is 12.2 Å². The lowest BCUT2D eigenvalue weighted by atomic mass is 9.97. The minimum Gasteiger partial charge on any atom is -0.493 e. The Labute approximate surface area is 221 Å². The van der Waals surface area contributed by atoms with Gasteiger partial charge in [0.15, 0.2) is 0 Å². The van der Waals surface area contributed by atoms with Crippen molar-refractivity contribution in [2.45, 2.75) is 52.2 Å². The maximum Gasteiger partial charge on any atom is 0.249 e. The number of carbonyl (C=O) groups excluding carboxylic acids is 2. The predicted octanol–water partition coefficient (Wildman–Crippen LogP) is 5.05. The van der Waals surface area contributed by atoms with Crippen LogP contribution < -0.4 is 15.0 Å². The molecule has 0 aliphatic heterocycles. The van der Waals surface area contributed by atoms with Gasteiger partial charge in [0.1, 0.15) is 29.7 Å². The van der Waals surface area contributed by atoms with Gasteiger partial charge in [0.2, 0.25) is 11.8 Å². The van der Waals surface area contributed by atoms with Crippen LogP contribution in [-0.4, -0.2) is 39.0 Å². The van der Waals surface area contributed by atoms with Crippen LogP contribution in [0.15, 0.2) is 72.8 Å². The summed E-state index contributed by atoms with van der Waals surface area (Å²) in [5.41, 5.74) is 1.12. The summed E-state index contributed by atoms with van der Waals surface area (Å²) < 4.78 is 22.6. The molecule has 2 amide bonds. The Morgan fingerprint density at radius 1 is 1.03 bits per heavy atom. The number of nitrogens with one attached hydrogen (secondary N) is 1. The number of hydrogen-bond donors (Lipinski definition) is 1. The summed E-state index contributed by atoms with van der Waals surface area (Å²) in [5, 5.41) is 11.3. The van der Waals surface area contributed by atoms with E-state index in [1.807, 2.05) is 39.8 Å². The maximum absolute atomic E-state index is 15.3. The van der Waals surface area contributed by atoms with E-state index in [4.69, 9.17) is 4.74 Å². The molecule has 0 saturated heterocycles. The highest BCUT2D eigenvalue weighted by Gasteiger charge is 2.38. The first-order valence-electron chi connectivity index (χ1n) is 12.6. The second-order valence-corrected chi connectivity index (χ2v) is 9.55. The third-order valence-electron chi connectivity index (χ3n) is 6.45. The lowest BCUT2D eigenvalue weighted by Crippen LogP contribution is -2.51. The highest BCUT2D eigenvalue weighted by molar-refractivity contribution is 6.02. The predicted molar refractivity (Wildman–Crippen MR) is 144 cm³/mol. The van der Waals surface area contributed by atoms with E-state index < -0.39 is 29.2 Å². The molecule has 1 atom stereocenters. The number of halogens is 1. The molecule has 1 heterocycles. The first kappa shape index (κ1) is 26.8. The summed E-state index contributed by atoms with van der Waals surface area (Å²) in [6.45, 7) is 7.68. The highest BCUT2D eigenvalue weighted by atomic mass is 19.1. The van der Waals surface area contributed by atoms with Gasteiger partial charge in [-0.1, -0.05) is 54.6 Å². The van der Waals surface area contributed by atoms with Crippen LogP contribution in [0.3, 0.4) is 0 Å². The SMILES string of the molecule is CCOc1ccccc1[C@@H](C(=O)NC(C)(C)CC)N(C(=O)Cn1nnc2ccccc21)c1ccccc1F. The van der Waals surface area contributed by atoms with Crippen molar-refractivity contribution in [1.29, 1.82) is 0 Å². The number of benzene rings is 3. The van der Waals surface area contributed by atoms with E-state index in [1.54, 1.807) is 42.5 Å². The quantitative estimate of drug-likeness (QED) is 0.318. The van der Waals surface area contributed by atoms with Gasteiger partial charge in [-0.3, -0.25) is 14.5 Å². The normalized spacial score (nSPS) is 12.2. The molecule has 4 rings (SSSR count). The molecule has 38 heavy (non-hydrogen) atoms. The Kier molecular flexibility index (Phi) is 8.05. The van der Waals surface area contributed by atoms with Crippen molar-refractivity contribution in [2.75, 3.05) is 11.5 Å². The number of hydrogen-bond acceptors (Lipinski definition) is 5. The monoisotopic (exact) mass is 517 g/mol. The molecule has 0 saturated carbocycles. The van der Waals surface area contributed by atoms with Crippen LogP contribution in [-0.2, 0) is 16.1 Å². The zero-order valence-corrected chi connectivity index (χ0v) is 22.0. The Morgan fingerprint density at radius 2 is 1.71 bits per heavy atom. The maximum atomic E-state index is 15.3. The lowest BCUT2D eigenvalue weighted by Gasteiger charge is -2.35. The molecular weight excluding hydrogens is 485 g/mol. The number of para-hydroxylation sites is 3. The van der Waals surface area contributed by atoms with Crippen molar-refractivity contribution in [1.82, 2.24) is 20.3 Å². The van der Waals surface area contributed by atoms with Crippen LogP contribution in [0, 0.1) is 5.82 Å². The summed E-state index contributed by atoms with van der Waals surface area (Å²) in [5.74, 6) is -1.19. The number of ether oxygens (including phenoxy) is 1. The zero-order valence-electron chi connectivity index (χ0n) is 22.0. The fourth-order valence-electron chi connectivity index (χ4n) is 4.18. The molecule has 1 N–H and O–H groups in total. The van der Waals surface area contributed by atoms with Gasteiger partial charge < -0.3 is 10.1 Å². The van der Waals surface area contributed by atoms with Crippen LogP contribution >= 0.6 is 0 Å². The Morgan fingerprint density at radius 3 is 2.45 bits per heavy atom. The number of rotatable bonds is 10. The van der Waals surface area contributed by atoms with Gasteiger partial charge in [0, 0.05) is 11.1 Å². The van der Waals surface area contributed by atoms with Crippen LogP contribution in [0.5, 0.6) is 5.75 Å². The van der Waals surface area contributed by atoms with Gasteiger partial charge in [-0.25, -0.2) is 9.07 Å². The van der Waals surface area contributed by atoms with Gasteiger partial charge >= 0.3 is 0 Å². The molecule has 0 radical (unpaired) electrons. The van der Waals surface area contributed by atoms with Crippen molar-refractivity contribution in [3.63, 3.8) is 0 Å². The average molecular weight is 518 g/mol. The van der Waals surface area contributed by atoms with E-state index in [2.05, 4.69) is 15.6 Å². The average Bonchev–Trinajstić information content (AvgIpc) is 3.31. The van der Waals surface area contributed by atoms with E-state index in [0.717, 1.165) is 0 Å². The van der Waals surface area contributed by atoms with E-state index >= 15 is 4.39 Å². The highest BCUT2D eigenvalue weighted by Crippen LogP contribution is 2.35. The lowest BCUT2D eigenvalue weighted by molar-refractivity contribution is -0.128. The molecule has 1 aromatic heterocycles. The van der Waals surface area contributed by atoms with Crippen LogP contribution in [0.1, 0.15) is 45.7 Å². The molecule has 0 bridgehead atoms. The number of amides is 2. The fourth-order valence-corrected chi connectivity index (χ4v) is 4.18. The van der Waals surface area contributed by atoms with Crippen LogP contribution in [0.4, 0.5) is 10.1 Å². The molecule has 9 heteroatoms. The number of nitrogens with zero attached hydrogens (tertiary/aromatic N) is 4. The van der Waals surface area contributed by atoms with Crippen LogP contribution in [0.25, 0.3) is 11.0 Å². The van der Waals surface area contributed by atoms with Gasteiger partial charge in [-0.05, 0) is 57.5 Å². The van der Waals surface area contributed by atoms with Gasteiger partial charge in [-0.15, -0.1) is 5.10 Å². The zero-order chi connectivity index (χ0) is 27.3. The minimum atomic E-state index is -1.22. The summed E-state index contributed by atoms with van der Waals surface area (Å²) in [4.78, 5) is 29.3. The Balaban J connectivity index is 1.88. The van der Waals surface area contributed by atoms with Crippen molar-refractivity contribution < 1.29 is 18.7 Å². The first-order chi connectivity index (χ1) is 18.3. The third kappa shape index (κ3) is 5.66. The molecule has 0 unspecified atom stereocenters. The molecule has 0 aliphatic carbocycles. The number of anilines is 1. The summed E-state index contributed by atoms with van der Waals surface area (Å²) >= 11 is 0. The second-order valence-electron chi connectivity index (χ2n) is 9.55. The van der Waals surface area contributed by atoms with Crippen molar-refractivity contribution in [2.24, 2.45) is 0 Å². The Bertz CT molecular complexity index is 1430. The molecule has 4 aromatic rings. The summed E-state index contributed by atoms with van der Waals surface area (Å²) in [6, 6.07) is 18.9. The topological polar surface area (TPSA) is 89.4 Å². The van der Waals surface area contributed by atoms with Crippen molar-refractivity contribution >= 4 is 28.5 Å². The second kappa shape index (κ2) is 11.4. The third-order valence-corrected chi connectivity index (χ3v) is 6.45. The number of carbonyl (C=O) groups is 2. The van der Waals surface area contributed by atoms with E-state index in [9.17, 15) is 9.59 Å². The Hall–Kier alpha value is -4.27. The van der Waals surface area contributed by atoms with Gasteiger partial charge in [-0.2, -0.15) is 0 Å². The molecule has 0 aliphatic rings. The molecule has 0 spiro atoms. The molecular formula is C29H32FN5O3. The smallest absolute Gasteiger partial charge is 0.249 e. The van der Waals surface area contributed by atoms with Gasteiger partial charge in [0.05, 0.1) is 17.8 Å². The number of aromatic nitrogens is 3. The van der Waals surface area contributed by atoms with Crippen LogP contribution in [0.2, 0.25) is 0 Å². The first-order valence-corrected chi connectivity index (χ1v) is 12.6. The largest absolute Gasteiger partial charge is 0.493 e. The fraction of sp³-hybridized carbons (Fsp3) is 0.310. The van der Waals surface area contributed by atoms with Crippen molar-refractivity contribution in [3.05, 3.63) is 84.2 Å². The van der Waals surface area contributed by atoms with Crippen molar-refractivity contribution in [3.8, 4) is 5.75 Å². The van der Waals surface area contributed by atoms with E-state index in [0.29, 0.717) is 35.4 Å². The standard InChI is InChI=1S/C29H32FN5O3/c1-5-29(3,4)31-28(37)27(20-13-7-12-18-25(20)38-6-2)35(23-16-10-8-14-21(23)30)26(36)19-34-24-17-11-9-15-22(24)32-33-34/h7-18,27H,5-6,19H2,1-4H3,(H,31,37)/t27-/m0/s1. The molecule has 0 fully saturated rings. The number of fused-ring (bicyclic) bond motifs is 1. The molecule has 3 aromatic carbocycles.